The van der Waals surface area contributed by atoms with E-state index in [4.69, 9.17) is 0 Å². The SMILES string of the molecule is CNc1cc(-c2c[nH]c(=O)c(N(CC3CC3)C3CN(C(=O)/C=C/CNC(C)C)C3)c2)ncn1. The van der Waals surface area contributed by atoms with Gasteiger partial charge in [0.05, 0.1) is 11.7 Å². The first kappa shape index (κ1) is 23.0. The second-order valence-electron chi connectivity index (χ2n) is 9.10. The van der Waals surface area contributed by atoms with Gasteiger partial charge in [-0.1, -0.05) is 19.9 Å². The van der Waals surface area contributed by atoms with E-state index in [2.05, 4.69) is 44.3 Å². The lowest BCUT2D eigenvalue weighted by Crippen LogP contribution is -2.62. The highest BCUT2D eigenvalue weighted by atomic mass is 16.2. The number of anilines is 2. The standard InChI is InChI=1S/C24H33N7O2/c1-16(2)26-8-4-5-23(32)30-13-19(14-30)31(12-17-6-7-17)21-9-18(11-27-24(21)33)20-10-22(25-3)29-15-28-20/h4-5,9-11,15-17,19,26H,6-8,12-14H2,1-3H3,(H,27,33)(H,25,28,29)/b5-4+. The molecule has 176 valence electrons. The monoisotopic (exact) mass is 451 g/mol. The Kier molecular flexibility index (Phi) is 7.08. The Labute approximate surface area is 194 Å². The maximum Gasteiger partial charge on any atom is 0.271 e. The summed E-state index contributed by atoms with van der Waals surface area (Å²) in [5, 5.41) is 6.28. The van der Waals surface area contributed by atoms with Gasteiger partial charge in [0.2, 0.25) is 5.91 Å². The third-order valence-corrected chi connectivity index (χ3v) is 6.08. The third kappa shape index (κ3) is 5.78. The first-order chi connectivity index (χ1) is 15.9. The summed E-state index contributed by atoms with van der Waals surface area (Å²) in [5.74, 6) is 1.34. The second-order valence-corrected chi connectivity index (χ2v) is 9.10. The molecule has 4 rings (SSSR count). The number of pyridine rings is 1. The molecule has 3 N–H and O–H groups in total. The van der Waals surface area contributed by atoms with Crippen molar-refractivity contribution >= 4 is 17.4 Å². The number of likely N-dealkylation sites (tertiary alicyclic amines) is 1. The van der Waals surface area contributed by atoms with Gasteiger partial charge in [-0.25, -0.2) is 9.97 Å². The van der Waals surface area contributed by atoms with E-state index >= 15 is 0 Å². The minimum atomic E-state index is -0.119. The van der Waals surface area contributed by atoms with E-state index in [1.54, 1.807) is 19.3 Å². The van der Waals surface area contributed by atoms with Gasteiger partial charge in [-0.15, -0.1) is 0 Å². The predicted octanol–water partition coefficient (Wildman–Crippen LogP) is 1.86. The number of aromatic amines is 1. The van der Waals surface area contributed by atoms with Crippen molar-refractivity contribution in [2.75, 3.05) is 43.4 Å². The largest absolute Gasteiger partial charge is 0.373 e. The zero-order valence-corrected chi connectivity index (χ0v) is 19.5. The van der Waals surface area contributed by atoms with E-state index in [1.807, 2.05) is 23.1 Å². The second kappa shape index (κ2) is 10.2. The van der Waals surface area contributed by atoms with Crippen LogP contribution < -0.4 is 21.1 Å². The Morgan fingerprint density at radius 3 is 2.79 bits per heavy atom. The number of carbonyl (C=O) groups excluding carboxylic acids is 1. The smallest absolute Gasteiger partial charge is 0.271 e. The molecule has 3 heterocycles. The van der Waals surface area contributed by atoms with Crippen LogP contribution in [0.2, 0.25) is 0 Å². The third-order valence-electron chi connectivity index (χ3n) is 6.08. The molecule has 1 aliphatic carbocycles. The molecule has 0 radical (unpaired) electrons. The van der Waals surface area contributed by atoms with Crippen LogP contribution in [0.25, 0.3) is 11.3 Å². The van der Waals surface area contributed by atoms with Crippen LogP contribution in [-0.2, 0) is 4.79 Å². The van der Waals surface area contributed by atoms with Gasteiger partial charge in [-0.3, -0.25) is 9.59 Å². The van der Waals surface area contributed by atoms with Crippen molar-refractivity contribution < 1.29 is 4.79 Å². The number of nitrogens with one attached hydrogen (secondary N) is 3. The molecule has 9 heteroatoms. The van der Waals surface area contributed by atoms with E-state index in [-0.39, 0.29) is 17.5 Å². The summed E-state index contributed by atoms with van der Waals surface area (Å²) in [7, 11) is 1.81. The fraction of sp³-hybridized carbons (Fsp3) is 0.500. The molecule has 2 aromatic rings. The van der Waals surface area contributed by atoms with Crippen LogP contribution in [0.3, 0.4) is 0 Å². The van der Waals surface area contributed by atoms with Crippen LogP contribution in [0, 0.1) is 5.92 Å². The van der Waals surface area contributed by atoms with Crippen LogP contribution in [0.5, 0.6) is 0 Å². The highest BCUT2D eigenvalue weighted by molar-refractivity contribution is 5.88. The quantitative estimate of drug-likeness (QED) is 0.474. The number of amides is 1. The molecule has 0 aromatic carbocycles. The van der Waals surface area contributed by atoms with E-state index in [1.165, 1.54) is 19.2 Å². The van der Waals surface area contributed by atoms with Gasteiger partial charge < -0.3 is 25.4 Å². The maximum atomic E-state index is 12.8. The van der Waals surface area contributed by atoms with Crippen molar-refractivity contribution in [3.05, 3.63) is 47.2 Å². The molecular formula is C24H33N7O2. The maximum absolute atomic E-state index is 12.8. The molecule has 0 atom stereocenters. The number of H-pyrrole nitrogens is 1. The summed E-state index contributed by atoms with van der Waals surface area (Å²) in [5.41, 5.74) is 2.09. The Bertz CT molecular complexity index is 1050. The summed E-state index contributed by atoms with van der Waals surface area (Å²) in [4.78, 5) is 40.7. The number of nitrogens with zero attached hydrogens (tertiary/aromatic N) is 4. The van der Waals surface area contributed by atoms with Crippen molar-refractivity contribution in [3.63, 3.8) is 0 Å². The number of rotatable bonds is 10. The lowest BCUT2D eigenvalue weighted by molar-refractivity contribution is -0.130. The highest BCUT2D eigenvalue weighted by Crippen LogP contribution is 2.33. The van der Waals surface area contributed by atoms with Crippen molar-refractivity contribution in [1.82, 2.24) is 25.2 Å². The molecule has 2 aromatic heterocycles. The van der Waals surface area contributed by atoms with E-state index < -0.39 is 0 Å². The fourth-order valence-corrected chi connectivity index (χ4v) is 3.91. The zero-order chi connectivity index (χ0) is 23.4. The van der Waals surface area contributed by atoms with Crippen molar-refractivity contribution in [1.29, 1.82) is 0 Å². The van der Waals surface area contributed by atoms with E-state index in [0.29, 0.717) is 43.1 Å². The van der Waals surface area contributed by atoms with E-state index in [9.17, 15) is 9.59 Å². The normalized spacial score (nSPS) is 16.3. The summed E-state index contributed by atoms with van der Waals surface area (Å²) in [6.45, 7) is 6.90. The molecule has 0 spiro atoms. The van der Waals surface area contributed by atoms with Crippen LogP contribution in [0.4, 0.5) is 11.5 Å². The van der Waals surface area contributed by atoms with Crippen LogP contribution in [0.1, 0.15) is 26.7 Å². The summed E-state index contributed by atoms with van der Waals surface area (Å²) in [6, 6.07) is 4.28. The van der Waals surface area contributed by atoms with Gasteiger partial charge >= 0.3 is 0 Å². The number of hydrogen-bond acceptors (Lipinski definition) is 7. The van der Waals surface area contributed by atoms with Gasteiger partial charge in [0, 0.05) is 63.2 Å². The topological polar surface area (TPSA) is 106 Å². The molecule has 1 aliphatic heterocycles. The molecule has 0 bridgehead atoms. The summed E-state index contributed by atoms with van der Waals surface area (Å²) < 4.78 is 0. The van der Waals surface area contributed by atoms with Gasteiger partial charge in [-0.05, 0) is 24.8 Å². The average molecular weight is 452 g/mol. The molecular weight excluding hydrogens is 418 g/mol. The Morgan fingerprint density at radius 2 is 2.09 bits per heavy atom. The number of aromatic nitrogens is 3. The average Bonchev–Trinajstić information content (AvgIpc) is 3.59. The highest BCUT2D eigenvalue weighted by Gasteiger charge is 2.37. The predicted molar refractivity (Wildman–Crippen MR) is 130 cm³/mol. The minimum Gasteiger partial charge on any atom is -0.373 e. The Hall–Kier alpha value is -3.20. The van der Waals surface area contributed by atoms with E-state index in [0.717, 1.165) is 17.8 Å². The molecule has 1 saturated heterocycles. The summed E-state index contributed by atoms with van der Waals surface area (Å²) >= 11 is 0. The Morgan fingerprint density at radius 1 is 1.30 bits per heavy atom. The van der Waals surface area contributed by atoms with Crippen molar-refractivity contribution in [2.45, 2.75) is 38.8 Å². The van der Waals surface area contributed by atoms with Gasteiger partial charge in [0.15, 0.2) is 0 Å². The number of hydrogen-bond donors (Lipinski definition) is 3. The first-order valence-corrected chi connectivity index (χ1v) is 11.6. The van der Waals surface area contributed by atoms with Crippen molar-refractivity contribution in [3.8, 4) is 11.3 Å². The lowest BCUT2D eigenvalue weighted by atomic mass is 10.0. The van der Waals surface area contributed by atoms with Gasteiger partial charge in [0.25, 0.3) is 5.56 Å². The Balaban J connectivity index is 1.48. The first-order valence-electron chi connectivity index (χ1n) is 11.6. The molecule has 0 unspecified atom stereocenters. The molecule has 1 saturated carbocycles. The van der Waals surface area contributed by atoms with Gasteiger partial charge in [0.1, 0.15) is 17.8 Å². The van der Waals surface area contributed by atoms with Crippen molar-refractivity contribution in [2.24, 2.45) is 5.92 Å². The van der Waals surface area contributed by atoms with Crippen LogP contribution in [0.15, 0.2) is 41.6 Å². The van der Waals surface area contributed by atoms with Crippen LogP contribution in [-0.4, -0.2) is 71.1 Å². The minimum absolute atomic E-state index is 0.0198. The molecule has 33 heavy (non-hydrogen) atoms. The molecule has 1 amide bonds. The lowest BCUT2D eigenvalue weighted by Gasteiger charge is -2.46. The molecule has 2 aliphatic rings. The number of carbonyl (C=O) groups is 1. The zero-order valence-electron chi connectivity index (χ0n) is 19.5. The summed E-state index contributed by atoms with van der Waals surface area (Å²) in [6.07, 6.45) is 9.08. The van der Waals surface area contributed by atoms with Crippen LogP contribution >= 0.6 is 0 Å². The molecule has 2 fully saturated rings. The molecule has 9 nitrogen and oxygen atoms in total. The fourth-order valence-electron chi connectivity index (χ4n) is 3.91. The van der Waals surface area contributed by atoms with Gasteiger partial charge in [-0.2, -0.15) is 0 Å².